The quantitative estimate of drug-likeness (QED) is 0.415. The summed E-state index contributed by atoms with van der Waals surface area (Å²) in [6.45, 7) is 11.0. The van der Waals surface area contributed by atoms with Gasteiger partial charge in [0.25, 0.3) is 0 Å². The molecule has 0 N–H and O–H groups in total. The maximum Gasteiger partial charge on any atom is 0.0964 e. The van der Waals surface area contributed by atoms with E-state index in [4.69, 9.17) is 0 Å². The van der Waals surface area contributed by atoms with Crippen molar-refractivity contribution in [2.45, 2.75) is 52.5 Å². The molecule has 0 aliphatic carbocycles. The monoisotopic (exact) mass is 182 g/mol. The Morgan fingerprint density at radius 3 is 2.08 bits per heavy atom. The maximum atomic E-state index is 4.68. The van der Waals surface area contributed by atoms with Crippen LogP contribution in [0.15, 0.2) is 4.99 Å². The zero-order valence-corrected chi connectivity index (χ0v) is 9.43. The molecule has 1 aliphatic heterocycles. The van der Waals surface area contributed by atoms with Gasteiger partial charge in [-0.2, -0.15) is 0 Å². The van der Waals surface area contributed by atoms with Gasteiger partial charge in [-0.1, -0.05) is 0 Å². The van der Waals surface area contributed by atoms with E-state index in [-0.39, 0.29) is 5.54 Å². The smallest absolute Gasteiger partial charge is 0.0964 e. The number of rotatable bonds is 0. The van der Waals surface area contributed by atoms with Crippen LogP contribution in [0, 0.1) is 0 Å². The lowest BCUT2D eigenvalue weighted by Gasteiger charge is -2.30. The average molecular weight is 182 g/mol. The molecule has 0 aromatic heterocycles. The summed E-state index contributed by atoms with van der Waals surface area (Å²) < 4.78 is 0. The summed E-state index contributed by atoms with van der Waals surface area (Å²) in [5.74, 6) is 1.22. The number of hydrogen-bond donors (Lipinski definition) is 0. The lowest BCUT2D eigenvalue weighted by atomic mass is 10.1. The summed E-state index contributed by atoms with van der Waals surface area (Å²) in [4.78, 5) is 7.09. The molecular weight excluding hydrogens is 160 g/mol. The molecule has 0 unspecified atom stereocenters. The third-order valence-corrected chi connectivity index (χ3v) is 2.31. The van der Waals surface area contributed by atoms with Crippen LogP contribution in [0.2, 0.25) is 0 Å². The first kappa shape index (κ1) is 10.6. The van der Waals surface area contributed by atoms with Gasteiger partial charge in [-0.05, 0) is 47.0 Å². The number of amidine groups is 1. The predicted molar refractivity (Wildman–Crippen MR) is 58.3 cm³/mol. The van der Waals surface area contributed by atoms with Gasteiger partial charge in [-0.25, -0.2) is 0 Å². The predicted octanol–water partition coefficient (Wildman–Crippen LogP) is 2.69. The van der Waals surface area contributed by atoms with Gasteiger partial charge in [0.05, 0.1) is 11.4 Å². The summed E-state index contributed by atoms with van der Waals surface area (Å²) in [6.07, 6.45) is 4.05. The summed E-state index contributed by atoms with van der Waals surface area (Å²) >= 11 is 0. The van der Waals surface area contributed by atoms with E-state index in [2.05, 4.69) is 37.6 Å². The first-order valence-electron chi connectivity index (χ1n) is 5.30. The van der Waals surface area contributed by atoms with Gasteiger partial charge >= 0.3 is 0 Å². The molecular formula is C11H22N2. The normalized spacial score (nSPS) is 20.6. The lowest BCUT2D eigenvalue weighted by Crippen LogP contribution is -2.35. The van der Waals surface area contributed by atoms with Crippen molar-refractivity contribution in [3.8, 4) is 0 Å². The minimum Gasteiger partial charge on any atom is -0.361 e. The fourth-order valence-corrected chi connectivity index (χ4v) is 1.77. The molecule has 13 heavy (non-hydrogen) atoms. The lowest BCUT2D eigenvalue weighted by molar-refractivity contribution is 0.336. The van der Waals surface area contributed by atoms with Crippen molar-refractivity contribution in [1.82, 2.24) is 4.90 Å². The highest BCUT2D eigenvalue weighted by molar-refractivity contribution is 5.80. The second-order valence-corrected chi connectivity index (χ2v) is 4.88. The number of likely N-dealkylation sites (tertiary alicyclic amines) is 1. The Balaban J connectivity index is 2.54. The SMILES string of the molecule is C/C(=N\C(C)(C)C)N1CCCCC1. The molecule has 1 heterocycles. The fraction of sp³-hybridized carbons (Fsp3) is 0.909. The first-order valence-corrected chi connectivity index (χ1v) is 5.30. The van der Waals surface area contributed by atoms with Gasteiger partial charge in [0.1, 0.15) is 0 Å². The van der Waals surface area contributed by atoms with Crippen LogP contribution in [0.3, 0.4) is 0 Å². The number of hydrogen-bond acceptors (Lipinski definition) is 1. The molecule has 2 nitrogen and oxygen atoms in total. The first-order chi connectivity index (χ1) is 5.99. The van der Waals surface area contributed by atoms with Crippen LogP contribution in [-0.2, 0) is 0 Å². The van der Waals surface area contributed by atoms with Crippen molar-refractivity contribution in [3.63, 3.8) is 0 Å². The minimum absolute atomic E-state index is 0.0710. The van der Waals surface area contributed by atoms with E-state index in [9.17, 15) is 0 Å². The molecule has 76 valence electrons. The van der Waals surface area contributed by atoms with Gasteiger partial charge in [-0.3, -0.25) is 4.99 Å². The van der Waals surface area contributed by atoms with Crippen LogP contribution in [0.25, 0.3) is 0 Å². The third-order valence-electron chi connectivity index (χ3n) is 2.31. The van der Waals surface area contributed by atoms with Crippen LogP contribution in [0.1, 0.15) is 47.0 Å². The highest BCUT2D eigenvalue weighted by Crippen LogP contribution is 2.13. The van der Waals surface area contributed by atoms with Crippen molar-refractivity contribution >= 4 is 5.84 Å². The van der Waals surface area contributed by atoms with Crippen molar-refractivity contribution in [2.75, 3.05) is 13.1 Å². The molecule has 0 aromatic carbocycles. The molecule has 0 aromatic rings. The zero-order chi connectivity index (χ0) is 9.90. The van der Waals surface area contributed by atoms with Crippen LogP contribution in [0.4, 0.5) is 0 Å². The van der Waals surface area contributed by atoms with E-state index < -0.39 is 0 Å². The maximum absolute atomic E-state index is 4.68. The highest BCUT2D eigenvalue weighted by Gasteiger charge is 2.14. The minimum atomic E-state index is 0.0710. The van der Waals surface area contributed by atoms with Crippen molar-refractivity contribution < 1.29 is 0 Å². The van der Waals surface area contributed by atoms with E-state index in [1.807, 2.05) is 0 Å². The number of nitrogens with zero attached hydrogens (tertiary/aromatic N) is 2. The summed E-state index contributed by atoms with van der Waals surface area (Å²) in [5, 5.41) is 0. The Morgan fingerprint density at radius 1 is 1.08 bits per heavy atom. The van der Waals surface area contributed by atoms with Crippen LogP contribution in [-0.4, -0.2) is 29.4 Å². The molecule has 0 bridgehead atoms. The van der Waals surface area contributed by atoms with E-state index in [0.29, 0.717) is 0 Å². The third kappa shape index (κ3) is 3.79. The van der Waals surface area contributed by atoms with Crippen LogP contribution in [0.5, 0.6) is 0 Å². The molecule has 0 atom stereocenters. The highest BCUT2D eigenvalue weighted by atomic mass is 15.2. The Morgan fingerprint density at radius 2 is 1.62 bits per heavy atom. The topological polar surface area (TPSA) is 15.6 Å². The van der Waals surface area contributed by atoms with E-state index >= 15 is 0 Å². The van der Waals surface area contributed by atoms with Gasteiger partial charge in [0, 0.05) is 13.1 Å². The number of aliphatic imine (C=N–C) groups is 1. The molecule has 1 saturated heterocycles. The van der Waals surface area contributed by atoms with E-state index in [1.165, 1.54) is 38.2 Å². The standard InChI is InChI=1S/C11H22N2/c1-10(12-11(2,3)4)13-8-6-5-7-9-13/h5-9H2,1-4H3/b12-10+. The molecule has 1 rings (SSSR count). The van der Waals surface area contributed by atoms with E-state index in [1.54, 1.807) is 0 Å². The molecule has 0 amide bonds. The van der Waals surface area contributed by atoms with Crippen molar-refractivity contribution in [2.24, 2.45) is 4.99 Å². The summed E-state index contributed by atoms with van der Waals surface area (Å²) in [5.41, 5.74) is 0.0710. The fourth-order valence-electron chi connectivity index (χ4n) is 1.77. The Labute approximate surface area is 82.0 Å². The number of piperidine rings is 1. The summed E-state index contributed by atoms with van der Waals surface area (Å²) in [7, 11) is 0. The molecule has 1 aliphatic rings. The average Bonchev–Trinajstić information content (AvgIpc) is 2.03. The van der Waals surface area contributed by atoms with Gasteiger partial charge in [0.2, 0.25) is 0 Å². The second-order valence-electron chi connectivity index (χ2n) is 4.88. The van der Waals surface area contributed by atoms with Crippen LogP contribution < -0.4 is 0 Å². The Hall–Kier alpha value is -0.530. The van der Waals surface area contributed by atoms with E-state index in [0.717, 1.165) is 0 Å². The molecule has 0 saturated carbocycles. The van der Waals surface area contributed by atoms with Gasteiger partial charge < -0.3 is 4.90 Å². The van der Waals surface area contributed by atoms with Crippen LogP contribution >= 0.6 is 0 Å². The van der Waals surface area contributed by atoms with Crippen molar-refractivity contribution in [3.05, 3.63) is 0 Å². The molecule has 2 heteroatoms. The summed E-state index contributed by atoms with van der Waals surface area (Å²) in [6, 6.07) is 0. The molecule has 0 radical (unpaired) electrons. The zero-order valence-electron chi connectivity index (χ0n) is 9.43. The Kier molecular flexibility index (Phi) is 3.34. The van der Waals surface area contributed by atoms with Gasteiger partial charge in [-0.15, -0.1) is 0 Å². The Bertz CT molecular complexity index is 183. The van der Waals surface area contributed by atoms with Crippen molar-refractivity contribution in [1.29, 1.82) is 0 Å². The molecule has 0 spiro atoms. The molecule has 1 fully saturated rings. The van der Waals surface area contributed by atoms with Gasteiger partial charge in [0.15, 0.2) is 0 Å². The largest absolute Gasteiger partial charge is 0.361 e. The second kappa shape index (κ2) is 4.12.